The van der Waals surface area contributed by atoms with Gasteiger partial charge >= 0.3 is 12.0 Å². The smallest absolute Gasteiger partial charge is 0.358 e. The second-order valence-corrected chi connectivity index (χ2v) is 3.54. The number of nitrogens with zero attached hydrogens (tertiary/aromatic N) is 2. The van der Waals surface area contributed by atoms with Crippen LogP contribution < -0.4 is 0 Å². The molecule has 0 fully saturated rings. The lowest BCUT2D eigenvalue weighted by Gasteiger charge is -2.11. The summed E-state index contributed by atoms with van der Waals surface area (Å²) in [6.07, 6.45) is -8.57. The highest BCUT2D eigenvalue weighted by Crippen LogP contribution is 2.40. The van der Waals surface area contributed by atoms with Crippen LogP contribution in [0, 0.1) is 10.1 Å². The number of nitro groups is 1. The fourth-order valence-corrected chi connectivity index (χ4v) is 1.61. The summed E-state index contributed by atoms with van der Waals surface area (Å²) in [5, 5.41) is 10.3. The van der Waals surface area contributed by atoms with Gasteiger partial charge in [0, 0.05) is 22.0 Å². The van der Waals surface area contributed by atoms with Gasteiger partial charge in [0.2, 0.25) is 4.60 Å². The molecule has 1 aromatic heterocycles. The topological polar surface area (TPSA) is 56.0 Å². The van der Waals surface area contributed by atoms with E-state index in [0.29, 0.717) is 0 Å². The number of rotatable bonds is 2. The van der Waals surface area contributed by atoms with Crippen molar-refractivity contribution in [3.63, 3.8) is 0 Å². The standard InChI is InChI=1S/C7H2BrF5N2O2/c8-5-4(6(9)10)2(7(11,12)13)1-3(14-5)15(16)17/h1,6H. The Hall–Kier alpha value is -1.32. The van der Waals surface area contributed by atoms with Crippen molar-refractivity contribution in [3.8, 4) is 0 Å². The van der Waals surface area contributed by atoms with E-state index in [1.165, 1.54) is 0 Å². The zero-order valence-corrected chi connectivity index (χ0v) is 9.22. The Labute approximate surface area is 98.7 Å². The predicted octanol–water partition coefficient (Wildman–Crippen LogP) is 3.71. The van der Waals surface area contributed by atoms with Crippen molar-refractivity contribution in [3.05, 3.63) is 31.9 Å². The van der Waals surface area contributed by atoms with Gasteiger partial charge in [-0.2, -0.15) is 13.2 Å². The zero-order chi connectivity index (χ0) is 13.4. The Morgan fingerprint density at radius 3 is 2.29 bits per heavy atom. The fraction of sp³-hybridized carbons (Fsp3) is 0.286. The summed E-state index contributed by atoms with van der Waals surface area (Å²) in [5.41, 5.74) is -3.19. The maximum absolute atomic E-state index is 12.4. The van der Waals surface area contributed by atoms with Crippen molar-refractivity contribution in [1.29, 1.82) is 0 Å². The lowest BCUT2D eigenvalue weighted by Crippen LogP contribution is -2.12. The molecule has 1 rings (SSSR count). The molecular formula is C7H2BrF5N2O2. The first-order valence-electron chi connectivity index (χ1n) is 3.84. The quantitative estimate of drug-likeness (QED) is 0.361. The first kappa shape index (κ1) is 13.7. The average molecular weight is 321 g/mol. The summed E-state index contributed by atoms with van der Waals surface area (Å²) < 4.78 is 61.2. The highest BCUT2D eigenvalue weighted by atomic mass is 79.9. The van der Waals surface area contributed by atoms with Gasteiger partial charge in [-0.25, -0.2) is 8.78 Å². The van der Waals surface area contributed by atoms with E-state index in [-0.39, 0.29) is 6.07 Å². The molecule has 94 valence electrons. The third kappa shape index (κ3) is 2.87. The van der Waals surface area contributed by atoms with Crippen LogP contribution in [0.3, 0.4) is 0 Å². The van der Waals surface area contributed by atoms with E-state index in [4.69, 9.17) is 0 Å². The maximum Gasteiger partial charge on any atom is 0.417 e. The highest BCUT2D eigenvalue weighted by Gasteiger charge is 2.40. The summed E-state index contributed by atoms with van der Waals surface area (Å²) in [6.45, 7) is 0. The molecule has 0 saturated carbocycles. The molecule has 0 bridgehead atoms. The molecule has 0 aliphatic heterocycles. The molecule has 0 aliphatic rings. The van der Waals surface area contributed by atoms with Crippen LogP contribution in [0.2, 0.25) is 0 Å². The van der Waals surface area contributed by atoms with Crippen LogP contribution in [0.15, 0.2) is 10.7 Å². The van der Waals surface area contributed by atoms with Gasteiger partial charge in [-0.15, -0.1) is 0 Å². The third-order valence-electron chi connectivity index (χ3n) is 1.71. The van der Waals surface area contributed by atoms with E-state index in [9.17, 15) is 32.1 Å². The number of halogens is 6. The van der Waals surface area contributed by atoms with E-state index in [1.54, 1.807) is 0 Å². The third-order valence-corrected chi connectivity index (χ3v) is 2.31. The molecule has 0 unspecified atom stereocenters. The Bertz CT molecular complexity index is 462. The van der Waals surface area contributed by atoms with Crippen LogP contribution in [-0.2, 0) is 6.18 Å². The Kier molecular flexibility index (Phi) is 3.65. The second-order valence-electron chi connectivity index (χ2n) is 2.79. The van der Waals surface area contributed by atoms with Gasteiger partial charge in [0.15, 0.2) is 0 Å². The predicted molar refractivity (Wildman–Crippen MR) is 48.6 cm³/mol. The van der Waals surface area contributed by atoms with Crippen LogP contribution in [0.1, 0.15) is 17.6 Å². The van der Waals surface area contributed by atoms with Gasteiger partial charge in [-0.1, -0.05) is 0 Å². The molecule has 0 aromatic carbocycles. The van der Waals surface area contributed by atoms with Gasteiger partial charge in [-0.3, -0.25) is 0 Å². The van der Waals surface area contributed by atoms with Gasteiger partial charge < -0.3 is 10.1 Å². The summed E-state index contributed by atoms with van der Waals surface area (Å²) in [7, 11) is 0. The van der Waals surface area contributed by atoms with Crippen LogP contribution >= 0.6 is 15.9 Å². The molecule has 10 heteroatoms. The summed E-state index contributed by atoms with van der Waals surface area (Å²) >= 11 is 2.36. The number of hydrogen-bond acceptors (Lipinski definition) is 3. The first-order chi connectivity index (χ1) is 7.64. The van der Waals surface area contributed by atoms with Crippen LogP contribution in [-0.4, -0.2) is 9.91 Å². The summed E-state index contributed by atoms with van der Waals surface area (Å²) in [4.78, 5) is 12.1. The van der Waals surface area contributed by atoms with Crippen molar-refractivity contribution in [2.45, 2.75) is 12.6 Å². The number of hydrogen-bond donors (Lipinski definition) is 0. The largest absolute Gasteiger partial charge is 0.417 e. The molecule has 0 saturated heterocycles. The molecule has 0 atom stereocenters. The van der Waals surface area contributed by atoms with E-state index < -0.39 is 39.1 Å². The molecule has 1 heterocycles. The lowest BCUT2D eigenvalue weighted by atomic mass is 10.1. The van der Waals surface area contributed by atoms with E-state index in [1.807, 2.05) is 0 Å². The number of aromatic nitrogens is 1. The van der Waals surface area contributed by atoms with E-state index in [0.717, 1.165) is 0 Å². The van der Waals surface area contributed by atoms with Gasteiger partial charge in [0.1, 0.15) is 0 Å². The zero-order valence-electron chi connectivity index (χ0n) is 7.63. The molecule has 0 N–H and O–H groups in total. The maximum atomic E-state index is 12.4. The highest BCUT2D eigenvalue weighted by molar-refractivity contribution is 9.10. The minimum Gasteiger partial charge on any atom is -0.358 e. The van der Waals surface area contributed by atoms with Crippen LogP contribution in [0.4, 0.5) is 27.8 Å². The lowest BCUT2D eigenvalue weighted by molar-refractivity contribution is -0.389. The monoisotopic (exact) mass is 320 g/mol. The molecule has 0 amide bonds. The molecule has 0 aliphatic carbocycles. The SMILES string of the molecule is O=[N+]([O-])c1cc(C(F)(F)F)c(C(F)F)c(Br)n1. The molecular weight excluding hydrogens is 319 g/mol. The summed E-state index contributed by atoms with van der Waals surface area (Å²) in [5.74, 6) is -1.16. The Morgan fingerprint density at radius 1 is 1.41 bits per heavy atom. The first-order valence-corrected chi connectivity index (χ1v) is 4.64. The Morgan fingerprint density at radius 2 is 1.94 bits per heavy atom. The van der Waals surface area contributed by atoms with E-state index >= 15 is 0 Å². The van der Waals surface area contributed by atoms with Crippen molar-refractivity contribution in [1.82, 2.24) is 4.98 Å². The van der Waals surface area contributed by atoms with Crippen molar-refractivity contribution in [2.24, 2.45) is 0 Å². The normalized spacial score (nSPS) is 11.9. The van der Waals surface area contributed by atoms with Crippen molar-refractivity contribution >= 4 is 21.7 Å². The van der Waals surface area contributed by atoms with Crippen molar-refractivity contribution in [2.75, 3.05) is 0 Å². The van der Waals surface area contributed by atoms with Crippen LogP contribution in [0.5, 0.6) is 0 Å². The molecule has 0 spiro atoms. The molecule has 17 heavy (non-hydrogen) atoms. The van der Waals surface area contributed by atoms with Crippen molar-refractivity contribution < 1.29 is 26.9 Å². The average Bonchev–Trinajstić information content (AvgIpc) is 2.14. The van der Waals surface area contributed by atoms with Gasteiger partial charge in [0.05, 0.1) is 11.1 Å². The van der Waals surface area contributed by atoms with Crippen LogP contribution in [0.25, 0.3) is 0 Å². The minimum atomic E-state index is -5.12. The van der Waals surface area contributed by atoms with Gasteiger partial charge in [0.25, 0.3) is 6.43 Å². The summed E-state index contributed by atoms with van der Waals surface area (Å²) in [6, 6.07) is -0.0216. The number of pyridine rings is 1. The minimum absolute atomic E-state index is 0.0216. The van der Waals surface area contributed by atoms with E-state index in [2.05, 4.69) is 20.9 Å². The molecule has 0 radical (unpaired) electrons. The fourth-order valence-electron chi connectivity index (χ4n) is 1.05. The number of alkyl halides is 5. The van der Waals surface area contributed by atoms with Gasteiger partial charge in [-0.05, 0) is 9.91 Å². The second kappa shape index (κ2) is 4.51. The Balaban J connectivity index is 3.57. The molecule has 4 nitrogen and oxygen atoms in total. The molecule has 1 aromatic rings.